The van der Waals surface area contributed by atoms with Crippen LogP contribution in [0, 0.1) is 11.3 Å². The molecule has 19 heavy (non-hydrogen) atoms. The van der Waals surface area contributed by atoms with Gasteiger partial charge in [0.2, 0.25) is 17.5 Å². The second-order valence-electron chi connectivity index (χ2n) is 3.68. The van der Waals surface area contributed by atoms with E-state index < -0.39 is 0 Å². The molecule has 1 heterocycles. The Morgan fingerprint density at radius 2 is 2.32 bits per heavy atom. The number of hydrogen-bond acceptors (Lipinski definition) is 5. The molecule has 0 unspecified atom stereocenters. The van der Waals surface area contributed by atoms with Gasteiger partial charge in [-0.2, -0.15) is 10.2 Å². The minimum absolute atomic E-state index is 0.211. The topological polar surface area (TPSA) is 71.1 Å². The Hall–Kier alpha value is -2.74. The molecule has 0 bridgehead atoms. The summed E-state index contributed by atoms with van der Waals surface area (Å²) in [5.74, 6) is 1.33. The summed E-state index contributed by atoms with van der Waals surface area (Å²) in [6.45, 7) is 4.09. The summed E-state index contributed by atoms with van der Waals surface area (Å²) in [5, 5.41) is 12.0. The fraction of sp³-hybridized carbons (Fsp3) is 0.143. The smallest absolute Gasteiger partial charge is 0.233 e. The van der Waals surface area contributed by atoms with Crippen LogP contribution in [-0.2, 0) is 0 Å². The first kappa shape index (κ1) is 12.7. The van der Waals surface area contributed by atoms with Crippen LogP contribution in [0.2, 0.25) is 0 Å². The fourth-order valence-electron chi connectivity index (χ4n) is 1.62. The van der Waals surface area contributed by atoms with Gasteiger partial charge in [-0.05, 0) is 12.1 Å². The lowest BCUT2D eigenvalue weighted by Gasteiger charge is -2.03. The van der Waals surface area contributed by atoms with Crippen molar-refractivity contribution in [2.45, 2.75) is 0 Å². The molecular formula is C14H13N3O2. The predicted octanol–water partition coefficient (Wildman–Crippen LogP) is 2.82. The van der Waals surface area contributed by atoms with Crippen molar-refractivity contribution in [1.82, 2.24) is 4.98 Å². The number of nitrogens with zero attached hydrogens (tertiary/aromatic N) is 2. The highest BCUT2D eigenvalue weighted by Crippen LogP contribution is 2.31. The second kappa shape index (κ2) is 5.74. The van der Waals surface area contributed by atoms with Crippen molar-refractivity contribution >= 4 is 5.88 Å². The van der Waals surface area contributed by atoms with E-state index in [1.807, 2.05) is 30.3 Å². The van der Waals surface area contributed by atoms with Crippen molar-refractivity contribution < 1.29 is 9.15 Å². The zero-order valence-corrected chi connectivity index (χ0v) is 10.5. The van der Waals surface area contributed by atoms with Crippen molar-refractivity contribution in [3.63, 3.8) is 0 Å². The highest BCUT2D eigenvalue weighted by molar-refractivity contribution is 5.65. The zero-order chi connectivity index (χ0) is 13.7. The lowest BCUT2D eigenvalue weighted by atomic mass is 10.2. The molecule has 0 fully saturated rings. The molecule has 5 nitrogen and oxygen atoms in total. The van der Waals surface area contributed by atoms with E-state index in [9.17, 15) is 0 Å². The number of methoxy groups -OCH3 is 1. The molecule has 96 valence electrons. The number of rotatable bonds is 5. The molecule has 0 saturated carbocycles. The second-order valence-corrected chi connectivity index (χ2v) is 3.68. The van der Waals surface area contributed by atoms with Crippen LogP contribution in [0.1, 0.15) is 5.69 Å². The minimum Gasteiger partial charge on any atom is -0.496 e. The van der Waals surface area contributed by atoms with Crippen molar-refractivity contribution in [1.29, 1.82) is 5.26 Å². The van der Waals surface area contributed by atoms with Crippen LogP contribution in [0.4, 0.5) is 5.88 Å². The first-order chi connectivity index (χ1) is 9.30. The van der Waals surface area contributed by atoms with Gasteiger partial charge in [-0.1, -0.05) is 18.2 Å². The summed E-state index contributed by atoms with van der Waals surface area (Å²) in [6.07, 6.45) is 1.67. The predicted molar refractivity (Wildman–Crippen MR) is 71.9 cm³/mol. The molecule has 0 aliphatic carbocycles. The van der Waals surface area contributed by atoms with Gasteiger partial charge in [-0.25, -0.2) is 0 Å². The van der Waals surface area contributed by atoms with Crippen LogP contribution < -0.4 is 10.1 Å². The number of para-hydroxylation sites is 1. The Morgan fingerprint density at radius 3 is 3.00 bits per heavy atom. The van der Waals surface area contributed by atoms with Gasteiger partial charge < -0.3 is 14.5 Å². The van der Waals surface area contributed by atoms with Gasteiger partial charge in [0.1, 0.15) is 11.8 Å². The van der Waals surface area contributed by atoms with Crippen molar-refractivity contribution in [2.24, 2.45) is 0 Å². The van der Waals surface area contributed by atoms with Crippen molar-refractivity contribution in [3.05, 3.63) is 42.6 Å². The van der Waals surface area contributed by atoms with E-state index in [4.69, 9.17) is 14.4 Å². The summed E-state index contributed by atoms with van der Waals surface area (Å²) in [6, 6.07) is 9.33. The van der Waals surface area contributed by atoms with E-state index in [2.05, 4.69) is 16.9 Å². The van der Waals surface area contributed by atoms with E-state index in [-0.39, 0.29) is 5.69 Å². The highest BCUT2D eigenvalue weighted by atomic mass is 16.5. The average molecular weight is 255 g/mol. The molecule has 0 saturated heterocycles. The van der Waals surface area contributed by atoms with E-state index in [1.165, 1.54) is 0 Å². The van der Waals surface area contributed by atoms with Crippen LogP contribution >= 0.6 is 0 Å². The summed E-state index contributed by atoms with van der Waals surface area (Å²) < 4.78 is 10.8. The molecule has 5 heteroatoms. The van der Waals surface area contributed by atoms with Gasteiger partial charge >= 0.3 is 0 Å². The Morgan fingerprint density at radius 1 is 1.53 bits per heavy atom. The maximum atomic E-state index is 9.03. The molecular weight excluding hydrogens is 242 g/mol. The van der Waals surface area contributed by atoms with Crippen LogP contribution in [0.25, 0.3) is 11.5 Å². The molecule has 1 aromatic heterocycles. The molecule has 1 N–H and O–H groups in total. The van der Waals surface area contributed by atoms with Crippen molar-refractivity contribution in [3.8, 4) is 23.3 Å². The fourth-order valence-corrected chi connectivity index (χ4v) is 1.62. The maximum Gasteiger partial charge on any atom is 0.233 e. The summed E-state index contributed by atoms with van der Waals surface area (Å²) >= 11 is 0. The number of nitriles is 1. The van der Waals surface area contributed by atoms with Gasteiger partial charge in [0.25, 0.3) is 0 Å². The number of ether oxygens (including phenoxy) is 1. The third-order valence-electron chi connectivity index (χ3n) is 2.48. The van der Waals surface area contributed by atoms with Gasteiger partial charge in [-0.3, -0.25) is 0 Å². The van der Waals surface area contributed by atoms with E-state index in [1.54, 1.807) is 13.2 Å². The Labute approximate surface area is 111 Å². The lowest BCUT2D eigenvalue weighted by molar-refractivity contribution is 0.414. The van der Waals surface area contributed by atoms with Gasteiger partial charge in [0.15, 0.2) is 0 Å². The minimum atomic E-state index is 0.211. The summed E-state index contributed by atoms with van der Waals surface area (Å²) in [4.78, 5) is 4.16. The van der Waals surface area contributed by atoms with Crippen molar-refractivity contribution in [2.75, 3.05) is 19.0 Å². The Bertz CT molecular complexity index is 626. The summed E-state index contributed by atoms with van der Waals surface area (Å²) in [7, 11) is 1.57. The molecule has 0 amide bonds. The van der Waals surface area contributed by atoms with Crippen LogP contribution in [0.5, 0.6) is 5.75 Å². The number of aromatic nitrogens is 1. The number of hydrogen-bond donors (Lipinski definition) is 1. The molecule has 0 radical (unpaired) electrons. The highest BCUT2D eigenvalue weighted by Gasteiger charge is 2.16. The third kappa shape index (κ3) is 2.58. The first-order valence-electron chi connectivity index (χ1n) is 5.69. The van der Waals surface area contributed by atoms with E-state index >= 15 is 0 Å². The largest absolute Gasteiger partial charge is 0.496 e. The standard InChI is InChI=1S/C14H13N3O2/c1-3-8-16-14-11(9-15)17-13(19-14)10-6-4-5-7-12(10)18-2/h3-7,16H,1,8H2,2H3. The number of anilines is 1. The SMILES string of the molecule is C=CCNc1oc(-c2ccccc2OC)nc1C#N. The molecule has 1 aromatic carbocycles. The molecule has 0 atom stereocenters. The maximum absolute atomic E-state index is 9.03. The van der Waals surface area contributed by atoms with Gasteiger partial charge in [0.05, 0.1) is 12.7 Å². The molecule has 0 aliphatic heterocycles. The zero-order valence-electron chi connectivity index (χ0n) is 10.5. The van der Waals surface area contributed by atoms with E-state index in [0.717, 1.165) is 0 Å². The van der Waals surface area contributed by atoms with E-state index in [0.29, 0.717) is 29.6 Å². The molecule has 2 rings (SSSR count). The van der Waals surface area contributed by atoms with Crippen LogP contribution in [-0.4, -0.2) is 18.6 Å². The van der Waals surface area contributed by atoms with Gasteiger partial charge in [-0.15, -0.1) is 6.58 Å². The average Bonchev–Trinajstić information content (AvgIpc) is 2.88. The monoisotopic (exact) mass is 255 g/mol. The van der Waals surface area contributed by atoms with Crippen LogP contribution in [0.3, 0.4) is 0 Å². The Kier molecular flexibility index (Phi) is 3.84. The number of oxazole rings is 1. The van der Waals surface area contributed by atoms with Gasteiger partial charge in [0, 0.05) is 6.54 Å². The van der Waals surface area contributed by atoms with Crippen LogP contribution in [0.15, 0.2) is 41.3 Å². The molecule has 2 aromatic rings. The first-order valence-corrected chi connectivity index (χ1v) is 5.69. The Balaban J connectivity index is 2.43. The molecule has 0 spiro atoms. The summed E-state index contributed by atoms with van der Waals surface area (Å²) in [5.41, 5.74) is 0.913. The quantitative estimate of drug-likeness (QED) is 0.832. The number of nitrogens with one attached hydrogen (secondary N) is 1. The normalized spacial score (nSPS) is 9.68. The molecule has 0 aliphatic rings. The third-order valence-corrected chi connectivity index (χ3v) is 2.48. The number of benzene rings is 1. The lowest BCUT2D eigenvalue weighted by Crippen LogP contribution is -1.97.